The summed E-state index contributed by atoms with van der Waals surface area (Å²) in [7, 11) is 2.10. The molecule has 4 heterocycles. The number of ether oxygens (including phenoxy) is 1. The van der Waals surface area contributed by atoms with E-state index >= 15 is 0 Å². The summed E-state index contributed by atoms with van der Waals surface area (Å²) < 4.78 is 11.6. The van der Waals surface area contributed by atoms with Crippen LogP contribution in [0.4, 0.5) is 17.1 Å². The topological polar surface area (TPSA) is 38.5 Å². The van der Waals surface area contributed by atoms with Gasteiger partial charge in [0.2, 0.25) is 0 Å². The fourth-order valence-corrected chi connectivity index (χ4v) is 10.4. The van der Waals surface area contributed by atoms with Gasteiger partial charge < -0.3 is 23.7 Å². The first-order chi connectivity index (χ1) is 34.2. The molecule has 0 radical (unpaired) electrons. The Hall–Kier alpha value is -7.40. The van der Waals surface area contributed by atoms with Gasteiger partial charge in [0, 0.05) is 83.6 Å². The second-order valence-corrected chi connectivity index (χ2v) is 21.2. The summed E-state index contributed by atoms with van der Waals surface area (Å²) in [5.41, 5.74) is 17.8. The molecular formula is C65H56N5OPt-3. The Balaban J connectivity index is 0.00000560. The second kappa shape index (κ2) is 17.7. The van der Waals surface area contributed by atoms with Crippen LogP contribution in [0.2, 0.25) is 0 Å². The molecule has 7 heteroatoms. The Morgan fingerprint density at radius 1 is 0.528 bits per heavy atom. The van der Waals surface area contributed by atoms with Crippen LogP contribution in [0.3, 0.4) is 0 Å². The Labute approximate surface area is 437 Å². The average molecular weight is 1120 g/mol. The molecule has 0 saturated carbocycles. The molecule has 0 unspecified atom stereocenters. The number of aromatic nitrogens is 3. The number of nitrogens with zero attached hydrogens (tertiary/aromatic N) is 5. The van der Waals surface area contributed by atoms with Gasteiger partial charge >= 0.3 is 0 Å². The van der Waals surface area contributed by atoms with E-state index in [4.69, 9.17) is 9.72 Å². The minimum atomic E-state index is -0.152. The predicted molar refractivity (Wildman–Crippen MR) is 296 cm³/mol. The Morgan fingerprint density at radius 2 is 1.15 bits per heavy atom. The average Bonchev–Trinajstić information content (AvgIpc) is 4.00. The van der Waals surface area contributed by atoms with Crippen molar-refractivity contribution in [3.63, 3.8) is 0 Å². The summed E-state index contributed by atoms with van der Waals surface area (Å²) in [6.45, 7) is 20.0. The van der Waals surface area contributed by atoms with Crippen molar-refractivity contribution in [3.8, 4) is 45.3 Å². The standard InChI is InChI=1S/C65H56N5O.Pt/c1-41-32-59-60(33-42(41)2)68(40-67(59)9)48-34-46(65(6,7)8)35-50(37-48)71-49-27-28-53-56-36-45(64(3,4)5)26-29-57(56)70(58(53)39-49)61-38-47(30-31-66-61)69-62-51(43-18-12-10-13-19-43)22-16-24-54(62)55-25-17-23-52(63(55)69)44-20-14-11-15-21-44;/h10-36,38,40H,1-9H3;/q-3;. The van der Waals surface area contributed by atoms with Crippen molar-refractivity contribution < 1.29 is 25.8 Å². The largest absolute Gasteiger partial charge is 0.509 e. The van der Waals surface area contributed by atoms with Crippen molar-refractivity contribution in [1.29, 1.82) is 0 Å². The van der Waals surface area contributed by atoms with Gasteiger partial charge in [0.1, 0.15) is 5.82 Å². The van der Waals surface area contributed by atoms with Crippen LogP contribution in [-0.2, 0) is 31.9 Å². The quantitative estimate of drug-likeness (QED) is 0.149. The molecule has 0 atom stereocenters. The molecule has 0 bridgehead atoms. The van der Waals surface area contributed by atoms with Crippen molar-refractivity contribution in [2.45, 2.75) is 66.2 Å². The van der Waals surface area contributed by atoms with Gasteiger partial charge in [0.05, 0.1) is 16.7 Å². The number of para-hydroxylation sites is 2. The molecule has 0 aliphatic carbocycles. The summed E-state index contributed by atoms with van der Waals surface area (Å²) in [5, 5.41) is 4.60. The van der Waals surface area contributed by atoms with Gasteiger partial charge in [-0.15, -0.1) is 47.0 Å². The number of rotatable bonds is 7. The molecule has 0 amide bonds. The number of pyridine rings is 1. The van der Waals surface area contributed by atoms with Crippen molar-refractivity contribution in [3.05, 3.63) is 211 Å². The maximum absolute atomic E-state index is 6.93. The first kappa shape index (κ1) is 47.0. The summed E-state index contributed by atoms with van der Waals surface area (Å²) in [6.07, 6.45) is 1.95. The fraction of sp³-hybridized carbons (Fsp3) is 0.169. The van der Waals surface area contributed by atoms with E-state index in [0.717, 1.165) is 89.2 Å². The van der Waals surface area contributed by atoms with Crippen LogP contribution in [0.5, 0.6) is 11.5 Å². The van der Waals surface area contributed by atoms with E-state index in [1.807, 2.05) is 12.3 Å². The summed E-state index contributed by atoms with van der Waals surface area (Å²) >= 11 is 0. The molecule has 72 heavy (non-hydrogen) atoms. The van der Waals surface area contributed by atoms with Crippen LogP contribution in [0.15, 0.2) is 170 Å². The molecule has 3 aromatic heterocycles. The van der Waals surface area contributed by atoms with Crippen LogP contribution in [0.1, 0.15) is 63.8 Å². The molecular weight excluding hydrogens is 1060 g/mol. The SMILES string of the molecule is Cc1cc2c(cc1C)N(c1[c-]c(Oc3[c-]c4c(cc3)c3cc(C(C)(C)C)ccc3n4-c3cc(-n4c5c(-c6ccccc6)cccc5c5cccc(-c6ccccc6)c54)ccn3)cc(C(C)(C)C)c1)[CH-]N2C.[Pt]. The smallest absolute Gasteiger partial charge is 0.137 e. The van der Waals surface area contributed by atoms with Gasteiger partial charge in [0.25, 0.3) is 0 Å². The van der Waals surface area contributed by atoms with E-state index in [0.29, 0.717) is 11.5 Å². The first-order valence-corrected chi connectivity index (χ1v) is 24.6. The van der Waals surface area contributed by atoms with E-state index in [2.05, 4.69) is 258 Å². The van der Waals surface area contributed by atoms with Gasteiger partial charge in [-0.1, -0.05) is 156 Å². The van der Waals surface area contributed by atoms with Crippen molar-refractivity contribution in [2.75, 3.05) is 16.8 Å². The van der Waals surface area contributed by atoms with Crippen LogP contribution >= 0.6 is 0 Å². The van der Waals surface area contributed by atoms with Crippen molar-refractivity contribution in [1.82, 2.24) is 14.1 Å². The molecule has 1 aliphatic rings. The third-order valence-electron chi connectivity index (χ3n) is 14.4. The predicted octanol–water partition coefficient (Wildman–Crippen LogP) is 16.9. The summed E-state index contributed by atoms with van der Waals surface area (Å²) in [6, 6.07) is 66.6. The van der Waals surface area contributed by atoms with Gasteiger partial charge in [0.15, 0.2) is 0 Å². The molecule has 11 aromatic rings. The van der Waals surface area contributed by atoms with E-state index in [1.165, 1.54) is 27.5 Å². The molecule has 0 fully saturated rings. The number of fused-ring (bicyclic) bond motifs is 7. The first-order valence-electron chi connectivity index (χ1n) is 24.6. The minimum Gasteiger partial charge on any atom is -0.509 e. The van der Waals surface area contributed by atoms with E-state index in [1.54, 1.807) is 0 Å². The molecule has 0 spiro atoms. The van der Waals surface area contributed by atoms with E-state index in [-0.39, 0.29) is 31.9 Å². The van der Waals surface area contributed by atoms with Crippen LogP contribution in [0.25, 0.3) is 77.4 Å². The normalized spacial score (nSPS) is 12.8. The van der Waals surface area contributed by atoms with Crippen LogP contribution < -0.4 is 14.5 Å². The minimum absolute atomic E-state index is 0. The molecule has 0 saturated heterocycles. The zero-order valence-electron chi connectivity index (χ0n) is 42.2. The Bertz CT molecular complexity index is 3800. The van der Waals surface area contributed by atoms with Gasteiger partial charge in [-0.05, 0) is 89.2 Å². The number of aryl methyl sites for hydroxylation is 2. The number of anilines is 3. The molecule has 1 aliphatic heterocycles. The van der Waals surface area contributed by atoms with Crippen molar-refractivity contribution >= 4 is 60.7 Å². The third kappa shape index (κ3) is 7.97. The second-order valence-electron chi connectivity index (χ2n) is 21.2. The zero-order chi connectivity index (χ0) is 48.9. The van der Waals surface area contributed by atoms with Crippen molar-refractivity contribution in [2.24, 2.45) is 0 Å². The Morgan fingerprint density at radius 3 is 1.78 bits per heavy atom. The van der Waals surface area contributed by atoms with Gasteiger partial charge in [-0.3, -0.25) is 0 Å². The Kier molecular flexibility index (Phi) is 11.6. The van der Waals surface area contributed by atoms with Crippen LogP contribution in [0, 0.1) is 32.6 Å². The van der Waals surface area contributed by atoms with E-state index in [9.17, 15) is 0 Å². The third-order valence-corrected chi connectivity index (χ3v) is 14.4. The number of hydrogen-bond acceptors (Lipinski definition) is 4. The zero-order valence-corrected chi connectivity index (χ0v) is 44.5. The number of hydrogen-bond donors (Lipinski definition) is 0. The van der Waals surface area contributed by atoms with Gasteiger partial charge in [-0.2, -0.15) is 12.7 Å². The van der Waals surface area contributed by atoms with Crippen LogP contribution in [-0.4, -0.2) is 21.2 Å². The molecule has 360 valence electrons. The molecule has 0 N–H and O–H groups in total. The molecule has 6 nitrogen and oxygen atoms in total. The van der Waals surface area contributed by atoms with E-state index < -0.39 is 0 Å². The van der Waals surface area contributed by atoms with Gasteiger partial charge in [-0.25, -0.2) is 4.98 Å². The summed E-state index contributed by atoms with van der Waals surface area (Å²) in [5.74, 6) is 2.01. The molecule has 8 aromatic carbocycles. The molecule has 12 rings (SSSR count). The maximum atomic E-state index is 6.93. The maximum Gasteiger partial charge on any atom is 0.137 e. The number of benzene rings is 8. The summed E-state index contributed by atoms with van der Waals surface area (Å²) in [4.78, 5) is 9.60. The monoisotopic (exact) mass is 1120 g/mol. The fourth-order valence-electron chi connectivity index (χ4n) is 10.4.